The molecule has 5 rings (SSSR count). The van der Waals surface area contributed by atoms with Gasteiger partial charge in [0.05, 0.1) is 5.69 Å². The lowest BCUT2D eigenvalue weighted by molar-refractivity contribution is -0.116. The number of hydrogen-bond donors (Lipinski definition) is 2. The van der Waals surface area contributed by atoms with E-state index in [9.17, 15) is 4.79 Å². The number of fused-ring (bicyclic) bond motifs is 1. The van der Waals surface area contributed by atoms with E-state index in [1.807, 2.05) is 30.3 Å². The number of H-pyrrole nitrogens is 1. The highest BCUT2D eigenvalue weighted by Gasteiger charge is 2.38. The number of anilines is 1. The van der Waals surface area contributed by atoms with Gasteiger partial charge in [0.15, 0.2) is 11.6 Å². The highest BCUT2D eigenvalue weighted by molar-refractivity contribution is 9.10. The number of allylic oxidation sites excluding steroid dienone is 2. The summed E-state index contributed by atoms with van der Waals surface area (Å²) in [6, 6.07) is 18.4. The first-order valence-electron chi connectivity index (χ1n) is 9.15. The summed E-state index contributed by atoms with van der Waals surface area (Å²) < 4.78 is 1.03. The number of benzene rings is 2. The number of nitrogens with zero attached hydrogens (tertiary/aromatic N) is 1. The van der Waals surface area contributed by atoms with Gasteiger partial charge in [0, 0.05) is 33.6 Å². The van der Waals surface area contributed by atoms with Crippen LogP contribution in [-0.2, 0) is 4.79 Å². The van der Waals surface area contributed by atoms with Gasteiger partial charge in [-0.05, 0) is 36.1 Å². The molecule has 1 aliphatic heterocycles. The molecule has 2 heterocycles. The zero-order chi connectivity index (χ0) is 18.4. The first-order valence-corrected chi connectivity index (χ1v) is 9.94. The summed E-state index contributed by atoms with van der Waals surface area (Å²) in [5.74, 6) is 0.962. The molecule has 5 heteroatoms. The highest BCUT2D eigenvalue weighted by Crippen LogP contribution is 2.48. The molecule has 1 aliphatic carbocycles. The van der Waals surface area contributed by atoms with E-state index in [1.165, 1.54) is 0 Å². The number of rotatable bonds is 2. The van der Waals surface area contributed by atoms with Crippen molar-refractivity contribution >= 4 is 27.5 Å². The summed E-state index contributed by atoms with van der Waals surface area (Å²) in [5, 5.41) is 11.2. The largest absolute Gasteiger partial charge is 0.342 e. The monoisotopic (exact) mass is 419 g/mol. The van der Waals surface area contributed by atoms with Crippen LogP contribution in [0.4, 0.5) is 5.82 Å². The van der Waals surface area contributed by atoms with E-state index >= 15 is 0 Å². The Labute approximate surface area is 165 Å². The molecule has 0 saturated carbocycles. The number of nitrogens with one attached hydrogen (secondary N) is 2. The van der Waals surface area contributed by atoms with Crippen LogP contribution in [0.3, 0.4) is 0 Å². The van der Waals surface area contributed by atoms with Crippen molar-refractivity contribution in [1.82, 2.24) is 10.2 Å². The molecular formula is C22H18BrN3O. The van der Waals surface area contributed by atoms with Crippen molar-refractivity contribution in [2.75, 3.05) is 5.32 Å². The molecule has 27 heavy (non-hydrogen) atoms. The van der Waals surface area contributed by atoms with Gasteiger partial charge in [0.25, 0.3) is 0 Å². The molecule has 1 unspecified atom stereocenters. The number of Topliss-reactive ketones (excluding diaryl/α,β-unsaturated/α-hetero) is 1. The van der Waals surface area contributed by atoms with Gasteiger partial charge < -0.3 is 5.32 Å². The van der Waals surface area contributed by atoms with Gasteiger partial charge >= 0.3 is 0 Å². The Morgan fingerprint density at radius 2 is 1.78 bits per heavy atom. The van der Waals surface area contributed by atoms with Gasteiger partial charge in [-0.25, -0.2) is 0 Å². The second-order valence-electron chi connectivity index (χ2n) is 7.01. The Bertz CT molecular complexity index is 1050. The van der Waals surface area contributed by atoms with E-state index in [2.05, 4.69) is 55.7 Å². The van der Waals surface area contributed by atoms with E-state index in [4.69, 9.17) is 0 Å². The van der Waals surface area contributed by atoms with E-state index < -0.39 is 0 Å². The number of aromatic nitrogens is 2. The summed E-state index contributed by atoms with van der Waals surface area (Å²) in [5.41, 5.74) is 6.13. The maximum atomic E-state index is 12.9. The minimum Gasteiger partial charge on any atom is -0.342 e. The Morgan fingerprint density at radius 1 is 1.00 bits per heavy atom. The van der Waals surface area contributed by atoms with E-state index in [1.54, 1.807) is 0 Å². The molecule has 0 bridgehead atoms. The molecule has 0 saturated heterocycles. The Balaban J connectivity index is 1.75. The number of carbonyl (C=O) groups excluding carboxylic acids is 1. The smallest absolute Gasteiger partial charge is 0.161 e. The number of halogens is 1. The molecular weight excluding hydrogens is 402 g/mol. The zero-order valence-corrected chi connectivity index (χ0v) is 16.2. The van der Waals surface area contributed by atoms with Crippen LogP contribution in [-0.4, -0.2) is 16.0 Å². The molecule has 0 fully saturated rings. The fourth-order valence-electron chi connectivity index (χ4n) is 4.16. The number of ketones is 1. The molecule has 1 aromatic heterocycles. The normalized spacial score (nSPS) is 18.7. The van der Waals surface area contributed by atoms with Crippen LogP contribution >= 0.6 is 15.9 Å². The van der Waals surface area contributed by atoms with E-state index in [0.29, 0.717) is 6.42 Å². The number of hydrogen-bond acceptors (Lipinski definition) is 3. The number of carbonyl (C=O) groups is 1. The number of aromatic amines is 1. The van der Waals surface area contributed by atoms with Gasteiger partial charge in [0.1, 0.15) is 0 Å². The minimum atomic E-state index is -0.105. The fourth-order valence-corrected chi connectivity index (χ4v) is 4.42. The zero-order valence-electron chi connectivity index (χ0n) is 14.6. The van der Waals surface area contributed by atoms with E-state index in [-0.39, 0.29) is 11.7 Å². The van der Waals surface area contributed by atoms with Gasteiger partial charge in [-0.3, -0.25) is 9.89 Å². The third-order valence-corrected chi connectivity index (χ3v) is 5.90. The minimum absolute atomic E-state index is 0.105. The van der Waals surface area contributed by atoms with Crippen LogP contribution in [0, 0.1) is 0 Å². The first kappa shape index (κ1) is 16.5. The van der Waals surface area contributed by atoms with E-state index in [0.717, 1.165) is 56.8 Å². The molecule has 3 aromatic rings. The van der Waals surface area contributed by atoms with Crippen molar-refractivity contribution in [2.45, 2.75) is 25.2 Å². The van der Waals surface area contributed by atoms with Gasteiger partial charge in [-0.15, -0.1) is 0 Å². The summed E-state index contributed by atoms with van der Waals surface area (Å²) in [7, 11) is 0. The highest BCUT2D eigenvalue weighted by atomic mass is 79.9. The Kier molecular flexibility index (Phi) is 3.97. The van der Waals surface area contributed by atoms with Crippen molar-refractivity contribution in [1.29, 1.82) is 0 Å². The summed E-state index contributed by atoms with van der Waals surface area (Å²) >= 11 is 3.52. The lowest BCUT2D eigenvalue weighted by Gasteiger charge is -2.32. The molecule has 0 radical (unpaired) electrons. The van der Waals surface area contributed by atoms with Crippen molar-refractivity contribution in [3.63, 3.8) is 0 Å². The third-order valence-electron chi connectivity index (χ3n) is 5.37. The standard InChI is InChI=1S/C22H18BrN3O/c23-15-11-9-13(10-12-15)18-19-16(7-4-8-17(19)27)24-22-20(18)21(25-26-22)14-5-2-1-3-6-14/h1-3,5-6,9-12,18H,4,7-8H2,(H2,24,25,26). The van der Waals surface area contributed by atoms with Gasteiger partial charge in [-0.1, -0.05) is 58.4 Å². The van der Waals surface area contributed by atoms with Crippen LogP contribution in [0.15, 0.2) is 70.3 Å². The Hall–Kier alpha value is -2.66. The Morgan fingerprint density at radius 3 is 2.56 bits per heavy atom. The predicted octanol–water partition coefficient (Wildman–Crippen LogP) is 5.40. The molecule has 2 aliphatic rings. The second kappa shape index (κ2) is 6.50. The molecule has 2 N–H and O–H groups in total. The molecule has 0 amide bonds. The molecule has 1 atom stereocenters. The molecule has 4 nitrogen and oxygen atoms in total. The van der Waals surface area contributed by atoms with Crippen molar-refractivity contribution in [3.8, 4) is 11.3 Å². The van der Waals surface area contributed by atoms with Crippen molar-refractivity contribution in [2.24, 2.45) is 0 Å². The molecule has 0 spiro atoms. The average Bonchev–Trinajstić information content (AvgIpc) is 3.12. The van der Waals surface area contributed by atoms with Gasteiger partial charge in [0.2, 0.25) is 0 Å². The molecule has 2 aromatic carbocycles. The molecule has 134 valence electrons. The van der Waals surface area contributed by atoms with Crippen LogP contribution < -0.4 is 5.32 Å². The van der Waals surface area contributed by atoms with Crippen molar-refractivity contribution < 1.29 is 4.79 Å². The third kappa shape index (κ3) is 2.73. The predicted molar refractivity (Wildman–Crippen MR) is 110 cm³/mol. The summed E-state index contributed by atoms with van der Waals surface area (Å²) in [6.45, 7) is 0. The topological polar surface area (TPSA) is 57.8 Å². The second-order valence-corrected chi connectivity index (χ2v) is 7.92. The summed E-state index contributed by atoms with van der Waals surface area (Å²) in [4.78, 5) is 12.9. The van der Waals surface area contributed by atoms with Crippen LogP contribution in [0.25, 0.3) is 11.3 Å². The van der Waals surface area contributed by atoms with Crippen LogP contribution in [0.1, 0.15) is 36.3 Å². The lowest BCUT2D eigenvalue weighted by atomic mass is 9.75. The van der Waals surface area contributed by atoms with Crippen LogP contribution in [0.5, 0.6) is 0 Å². The maximum Gasteiger partial charge on any atom is 0.161 e. The first-order chi connectivity index (χ1) is 13.2. The summed E-state index contributed by atoms with van der Waals surface area (Å²) in [6.07, 6.45) is 2.39. The lowest BCUT2D eigenvalue weighted by Crippen LogP contribution is -2.26. The average molecular weight is 420 g/mol. The van der Waals surface area contributed by atoms with Gasteiger partial charge in [-0.2, -0.15) is 5.10 Å². The van der Waals surface area contributed by atoms with Crippen molar-refractivity contribution in [3.05, 3.63) is 81.5 Å². The SMILES string of the molecule is O=C1CCCC2=C1C(c1ccc(Br)cc1)c1c(n[nH]c1-c1ccccc1)N2. The maximum absolute atomic E-state index is 12.9. The van der Waals surface area contributed by atoms with Crippen LogP contribution in [0.2, 0.25) is 0 Å². The quantitative estimate of drug-likeness (QED) is 0.584. The fraction of sp³-hybridized carbons (Fsp3) is 0.182.